The van der Waals surface area contributed by atoms with Gasteiger partial charge in [-0.1, -0.05) is 6.07 Å². The Morgan fingerprint density at radius 1 is 1.48 bits per heavy atom. The number of pyridine rings is 1. The van der Waals surface area contributed by atoms with Crippen LogP contribution in [0.2, 0.25) is 0 Å². The fraction of sp³-hybridized carbons (Fsp3) is 0.250. The Morgan fingerprint density at radius 3 is 2.95 bits per heavy atom. The van der Waals surface area contributed by atoms with Gasteiger partial charge < -0.3 is 10.0 Å². The van der Waals surface area contributed by atoms with E-state index in [1.165, 1.54) is 11.3 Å². The van der Waals surface area contributed by atoms with Crippen LogP contribution in [-0.4, -0.2) is 27.4 Å². The van der Waals surface area contributed by atoms with Crippen LogP contribution in [0, 0.1) is 0 Å². The third-order valence-electron chi connectivity index (χ3n) is 3.04. The van der Waals surface area contributed by atoms with Gasteiger partial charge in [0.15, 0.2) is 0 Å². The average molecular weight is 302 g/mol. The molecule has 110 valence electrons. The smallest absolute Gasteiger partial charge is 0.246 e. The number of hydrogen-bond donors (Lipinski definition) is 1. The molecule has 5 heteroatoms. The highest BCUT2D eigenvalue weighted by Crippen LogP contribution is 2.16. The zero-order valence-corrected chi connectivity index (χ0v) is 12.7. The third-order valence-corrected chi connectivity index (χ3v) is 3.98. The minimum atomic E-state index is -0.0275. The van der Waals surface area contributed by atoms with Gasteiger partial charge in [0.25, 0.3) is 0 Å². The second kappa shape index (κ2) is 7.71. The molecule has 0 unspecified atom stereocenters. The maximum atomic E-state index is 12.2. The molecule has 0 fully saturated rings. The van der Waals surface area contributed by atoms with Crippen LogP contribution in [-0.2, 0) is 17.9 Å². The van der Waals surface area contributed by atoms with Gasteiger partial charge in [-0.25, -0.2) is 0 Å². The van der Waals surface area contributed by atoms with Crippen molar-refractivity contribution in [1.29, 1.82) is 0 Å². The van der Waals surface area contributed by atoms with Gasteiger partial charge in [0.2, 0.25) is 5.91 Å². The summed E-state index contributed by atoms with van der Waals surface area (Å²) in [6.07, 6.45) is 6.86. The van der Waals surface area contributed by atoms with Crippen molar-refractivity contribution in [3.8, 4) is 0 Å². The molecule has 0 bridgehead atoms. The number of nitrogens with zero attached hydrogens (tertiary/aromatic N) is 2. The SMILES string of the molecule is CCN(Cc1cccnc1)C(=O)/C=C/c1cc(CO)cs1. The van der Waals surface area contributed by atoms with E-state index in [2.05, 4.69) is 4.98 Å². The van der Waals surface area contributed by atoms with Crippen LogP contribution in [0.25, 0.3) is 6.08 Å². The topological polar surface area (TPSA) is 53.4 Å². The first-order valence-corrected chi connectivity index (χ1v) is 7.65. The quantitative estimate of drug-likeness (QED) is 0.835. The summed E-state index contributed by atoms with van der Waals surface area (Å²) in [5, 5.41) is 10.9. The Kier molecular flexibility index (Phi) is 5.66. The maximum Gasteiger partial charge on any atom is 0.246 e. The lowest BCUT2D eigenvalue weighted by molar-refractivity contribution is -0.126. The van der Waals surface area contributed by atoms with Crippen LogP contribution >= 0.6 is 11.3 Å². The van der Waals surface area contributed by atoms with Crippen LogP contribution < -0.4 is 0 Å². The lowest BCUT2D eigenvalue weighted by Crippen LogP contribution is -2.28. The van der Waals surface area contributed by atoms with Gasteiger partial charge in [0.1, 0.15) is 0 Å². The number of aliphatic hydroxyl groups is 1. The van der Waals surface area contributed by atoms with Crippen LogP contribution in [0.1, 0.15) is 22.9 Å². The maximum absolute atomic E-state index is 12.2. The molecule has 2 aromatic heterocycles. The highest BCUT2D eigenvalue weighted by molar-refractivity contribution is 7.11. The summed E-state index contributed by atoms with van der Waals surface area (Å²) >= 11 is 1.51. The van der Waals surface area contributed by atoms with Crippen LogP contribution in [0.4, 0.5) is 0 Å². The molecular formula is C16H18N2O2S. The van der Waals surface area contributed by atoms with E-state index in [9.17, 15) is 4.79 Å². The number of hydrogen-bond acceptors (Lipinski definition) is 4. The molecule has 0 radical (unpaired) electrons. The second-order valence-electron chi connectivity index (χ2n) is 4.56. The van der Waals surface area contributed by atoms with Crippen LogP contribution in [0.5, 0.6) is 0 Å². The van der Waals surface area contributed by atoms with E-state index in [1.54, 1.807) is 29.4 Å². The molecule has 0 spiro atoms. The fourth-order valence-corrected chi connectivity index (χ4v) is 2.68. The van der Waals surface area contributed by atoms with E-state index in [4.69, 9.17) is 5.11 Å². The third kappa shape index (κ3) is 4.51. The van der Waals surface area contributed by atoms with E-state index in [-0.39, 0.29) is 12.5 Å². The van der Waals surface area contributed by atoms with E-state index in [1.807, 2.05) is 30.5 Å². The molecule has 0 aliphatic carbocycles. The normalized spacial score (nSPS) is 11.0. The molecule has 0 aliphatic heterocycles. The van der Waals surface area contributed by atoms with E-state index < -0.39 is 0 Å². The lowest BCUT2D eigenvalue weighted by Gasteiger charge is -2.18. The van der Waals surface area contributed by atoms with E-state index in [0.29, 0.717) is 13.1 Å². The molecule has 0 aromatic carbocycles. The van der Waals surface area contributed by atoms with Gasteiger partial charge >= 0.3 is 0 Å². The number of thiophene rings is 1. The summed E-state index contributed by atoms with van der Waals surface area (Å²) in [4.78, 5) is 19.0. The molecule has 2 heterocycles. The number of carbonyl (C=O) groups is 1. The zero-order valence-electron chi connectivity index (χ0n) is 11.9. The van der Waals surface area contributed by atoms with E-state index >= 15 is 0 Å². The molecule has 0 atom stereocenters. The molecular weight excluding hydrogens is 284 g/mol. The first-order valence-electron chi connectivity index (χ1n) is 6.77. The number of aromatic nitrogens is 1. The van der Waals surface area contributed by atoms with Gasteiger partial charge in [0.05, 0.1) is 6.61 Å². The predicted octanol–water partition coefficient (Wildman–Crippen LogP) is 2.70. The molecule has 1 amide bonds. The summed E-state index contributed by atoms with van der Waals surface area (Å²) in [6, 6.07) is 5.71. The minimum absolute atomic E-state index is 0.0275. The van der Waals surface area contributed by atoms with Gasteiger partial charge in [0, 0.05) is 36.4 Å². The first kappa shape index (κ1) is 15.4. The summed E-state index contributed by atoms with van der Waals surface area (Å²) in [6.45, 7) is 3.18. The summed E-state index contributed by atoms with van der Waals surface area (Å²) in [5.74, 6) is -0.0275. The number of carbonyl (C=O) groups excluding carboxylic acids is 1. The monoisotopic (exact) mass is 302 g/mol. The van der Waals surface area contributed by atoms with Crippen molar-refractivity contribution in [2.45, 2.75) is 20.1 Å². The Bertz CT molecular complexity index is 608. The van der Waals surface area contributed by atoms with Crippen molar-refractivity contribution >= 4 is 23.3 Å². The second-order valence-corrected chi connectivity index (χ2v) is 5.51. The molecule has 4 nitrogen and oxygen atoms in total. The summed E-state index contributed by atoms with van der Waals surface area (Å²) < 4.78 is 0. The largest absolute Gasteiger partial charge is 0.392 e. The highest BCUT2D eigenvalue weighted by atomic mass is 32.1. The fourth-order valence-electron chi connectivity index (χ4n) is 1.88. The highest BCUT2D eigenvalue weighted by Gasteiger charge is 2.09. The summed E-state index contributed by atoms with van der Waals surface area (Å²) in [7, 11) is 0. The van der Waals surface area contributed by atoms with Gasteiger partial charge in [-0.3, -0.25) is 9.78 Å². The molecule has 21 heavy (non-hydrogen) atoms. The molecule has 1 N–H and O–H groups in total. The first-order chi connectivity index (χ1) is 10.2. The molecule has 0 aliphatic rings. The molecule has 2 aromatic rings. The van der Waals surface area contributed by atoms with Gasteiger partial charge in [-0.2, -0.15) is 0 Å². The Hall–Kier alpha value is -1.98. The van der Waals surface area contributed by atoms with Crippen molar-refractivity contribution < 1.29 is 9.90 Å². The Balaban J connectivity index is 1.99. The van der Waals surface area contributed by atoms with Gasteiger partial charge in [-0.05, 0) is 41.6 Å². The van der Waals surface area contributed by atoms with E-state index in [0.717, 1.165) is 16.0 Å². The minimum Gasteiger partial charge on any atom is -0.392 e. The molecule has 0 saturated heterocycles. The summed E-state index contributed by atoms with van der Waals surface area (Å²) in [5.41, 5.74) is 1.88. The van der Waals surface area contributed by atoms with Crippen molar-refractivity contribution in [2.75, 3.05) is 6.54 Å². The van der Waals surface area contributed by atoms with Crippen molar-refractivity contribution in [2.24, 2.45) is 0 Å². The molecule has 0 saturated carbocycles. The van der Waals surface area contributed by atoms with Crippen LogP contribution in [0.15, 0.2) is 42.0 Å². The Morgan fingerprint density at radius 2 is 2.33 bits per heavy atom. The number of rotatable bonds is 6. The zero-order chi connectivity index (χ0) is 15.1. The average Bonchev–Trinajstić information content (AvgIpc) is 2.99. The predicted molar refractivity (Wildman–Crippen MR) is 84.6 cm³/mol. The van der Waals surface area contributed by atoms with Crippen molar-refractivity contribution in [3.05, 3.63) is 58.1 Å². The Labute approximate surface area is 128 Å². The number of likely N-dealkylation sites (N-methyl/N-ethyl adjacent to an activating group) is 1. The lowest BCUT2D eigenvalue weighted by atomic mass is 10.2. The van der Waals surface area contributed by atoms with Crippen LogP contribution in [0.3, 0.4) is 0 Å². The molecule has 2 rings (SSSR count). The van der Waals surface area contributed by atoms with Crippen molar-refractivity contribution in [3.63, 3.8) is 0 Å². The van der Waals surface area contributed by atoms with Gasteiger partial charge in [-0.15, -0.1) is 11.3 Å². The number of aliphatic hydroxyl groups excluding tert-OH is 1. The van der Waals surface area contributed by atoms with Crippen molar-refractivity contribution in [1.82, 2.24) is 9.88 Å². The number of amides is 1. The standard InChI is InChI=1S/C16H18N2O2S/c1-2-18(10-13-4-3-7-17-9-13)16(20)6-5-15-8-14(11-19)12-21-15/h3-9,12,19H,2,10-11H2,1H3/b6-5+.